The molecule has 3 nitrogen and oxygen atoms in total. The fourth-order valence-corrected chi connectivity index (χ4v) is 4.38. The smallest absolute Gasteiger partial charge is 0.159 e. The molecule has 0 saturated carbocycles. The third-order valence-electron chi connectivity index (χ3n) is 4.04. The molecule has 0 radical (unpaired) electrons. The summed E-state index contributed by atoms with van der Waals surface area (Å²) in [5, 5.41) is -0.337. The van der Waals surface area contributed by atoms with Crippen molar-refractivity contribution in [2.24, 2.45) is 0 Å². The summed E-state index contributed by atoms with van der Waals surface area (Å²) in [7, 11) is -3.11. The van der Waals surface area contributed by atoms with Crippen LogP contribution >= 0.6 is 0 Å². The van der Waals surface area contributed by atoms with Gasteiger partial charge in [0.2, 0.25) is 0 Å². The Balaban J connectivity index is 1.66. The highest BCUT2D eigenvalue weighted by Crippen LogP contribution is 2.19. The molecule has 22 heavy (non-hydrogen) atoms. The Morgan fingerprint density at radius 2 is 1.55 bits per heavy atom. The molecule has 4 heteroatoms. The Labute approximate surface area is 131 Å². The van der Waals surface area contributed by atoms with Gasteiger partial charge >= 0.3 is 0 Å². The number of sulfone groups is 1. The molecule has 116 valence electrons. The van der Waals surface area contributed by atoms with Crippen molar-refractivity contribution in [3.8, 4) is 0 Å². The van der Waals surface area contributed by atoms with Gasteiger partial charge in [-0.1, -0.05) is 54.6 Å². The summed E-state index contributed by atoms with van der Waals surface area (Å²) in [6.07, 6.45) is 1.48. The van der Waals surface area contributed by atoms with Crippen LogP contribution in [0.25, 0.3) is 0 Å². The highest BCUT2D eigenvalue weighted by atomic mass is 32.2. The van der Waals surface area contributed by atoms with E-state index in [-0.39, 0.29) is 11.0 Å². The van der Waals surface area contributed by atoms with Gasteiger partial charge in [0, 0.05) is 6.61 Å². The first kappa shape index (κ1) is 15.3. The molecule has 0 spiro atoms. The first-order valence-electron chi connectivity index (χ1n) is 7.54. The van der Waals surface area contributed by atoms with E-state index < -0.39 is 9.84 Å². The highest BCUT2D eigenvalue weighted by molar-refractivity contribution is 7.91. The lowest BCUT2D eigenvalue weighted by Gasteiger charge is -2.10. The van der Waals surface area contributed by atoms with Crippen molar-refractivity contribution in [1.82, 2.24) is 0 Å². The molecule has 1 saturated heterocycles. The van der Waals surface area contributed by atoms with Gasteiger partial charge < -0.3 is 4.74 Å². The van der Waals surface area contributed by atoms with Crippen molar-refractivity contribution >= 4 is 9.84 Å². The van der Waals surface area contributed by atoms with Gasteiger partial charge in [0.15, 0.2) is 9.84 Å². The normalized spacial score (nSPS) is 18.5. The van der Waals surface area contributed by atoms with Crippen LogP contribution < -0.4 is 0 Å². The van der Waals surface area contributed by atoms with Crippen LogP contribution in [-0.2, 0) is 26.7 Å². The van der Waals surface area contributed by atoms with E-state index in [0.29, 0.717) is 19.6 Å². The Kier molecular flexibility index (Phi) is 4.60. The third-order valence-corrected chi connectivity index (χ3v) is 6.16. The van der Waals surface area contributed by atoms with E-state index in [4.69, 9.17) is 4.74 Å². The summed E-state index contributed by atoms with van der Waals surface area (Å²) < 4.78 is 29.8. The van der Waals surface area contributed by atoms with Gasteiger partial charge in [-0.3, -0.25) is 0 Å². The first-order chi connectivity index (χ1) is 10.6. The second-order valence-electron chi connectivity index (χ2n) is 5.77. The molecule has 2 aromatic carbocycles. The van der Waals surface area contributed by atoms with Crippen LogP contribution in [0, 0.1) is 0 Å². The summed E-state index contributed by atoms with van der Waals surface area (Å²) >= 11 is 0. The number of hydrogen-bond acceptors (Lipinski definition) is 3. The van der Waals surface area contributed by atoms with E-state index in [0.717, 1.165) is 12.0 Å². The van der Waals surface area contributed by atoms with Gasteiger partial charge in [-0.05, 0) is 29.5 Å². The summed E-state index contributed by atoms with van der Waals surface area (Å²) in [4.78, 5) is 0. The molecule has 1 aliphatic heterocycles. The molecule has 2 aromatic rings. The zero-order valence-electron chi connectivity index (χ0n) is 12.4. The molecule has 1 atom stereocenters. The first-order valence-corrected chi connectivity index (χ1v) is 9.26. The fourth-order valence-electron chi connectivity index (χ4n) is 2.73. The molecule has 1 heterocycles. The average Bonchev–Trinajstić information content (AvgIpc) is 3.05. The molecule has 1 fully saturated rings. The molecule has 1 unspecified atom stereocenters. The predicted octanol–water partition coefficient (Wildman–Crippen LogP) is 2.98. The molecule has 0 aromatic heterocycles. The van der Waals surface area contributed by atoms with Crippen molar-refractivity contribution in [3.05, 3.63) is 71.3 Å². The number of rotatable bonds is 5. The predicted molar refractivity (Wildman–Crippen MR) is 87.5 cm³/mol. The third kappa shape index (κ3) is 3.76. The SMILES string of the molecule is O=S(=O)(Cc1ccc(Cc2ccccc2)cc1)C1CCOC1. The van der Waals surface area contributed by atoms with Crippen LogP contribution in [0.2, 0.25) is 0 Å². The minimum Gasteiger partial charge on any atom is -0.380 e. The van der Waals surface area contributed by atoms with Crippen LogP contribution in [0.3, 0.4) is 0 Å². The summed E-state index contributed by atoms with van der Waals surface area (Å²) in [5.41, 5.74) is 3.30. The van der Waals surface area contributed by atoms with Gasteiger partial charge in [0.05, 0.1) is 17.6 Å². The van der Waals surface area contributed by atoms with E-state index in [2.05, 4.69) is 12.1 Å². The summed E-state index contributed by atoms with van der Waals surface area (Å²) in [6, 6.07) is 18.1. The monoisotopic (exact) mass is 316 g/mol. The Morgan fingerprint density at radius 3 is 2.18 bits per heavy atom. The topological polar surface area (TPSA) is 43.4 Å². The lowest BCUT2D eigenvalue weighted by molar-refractivity contribution is 0.198. The van der Waals surface area contributed by atoms with Crippen molar-refractivity contribution in [2.75, 3.05) is 13.2 Å². The largest absolute Gasteiger partial charge is 0.380 e. The second kappa shape index (κ2) is 6.63. The molecular formula is C18H20O3S. The molecule has 1 aliphatic rings. The molecular weight excluding hydrogens is 296 g/mol. The lowest BCUT2D eigenvalue weighted by Crippen LogP contribution is -2.22. The number of hydrogen-bond donors (Lipinski definition) is 0. The quantitative estimate of drug-likeness (QED) is 0.852. The Bertz CT molecular complexity index is 700. The lowest BCUT2D eigenvalue weighted by atomic mass is 10.0. The van der Waals surface area contributed by atoms with E-state index >= 15 is 0 Å². The zero-order valence-corrected chi connectivity index (χ0v) is 13.3. The highest BCUT2D eigenvalue weighted by Gasteiger charge is 2.29. The van der Waals surface area contributed by atoms with Gasteiger partial charge in [0.1, 0.15) is 0 Å². The summed E-state index contributed by atoms with van der Waals surface area (Å²) in [5.74, 6) is 0.104. The van der Waals surface area contributed by atoms with Crippen molar-refractivity contribution in [1.29, 1.82) is 0 Å². The van der Waals surface area contributed by atoms with E-state index in [1.165, 1.54) is 11.1 Å². The second-order valence-corrected chi connectivity index (χ2v) is 8.05. The van der Waals surface area contributed by atoms with Crippen LogP contribution in [0.1, 0.15) is 23.1 Å². The van der Waals surface area contributed by atoms with Crippen LogP contribution in [-0.4, -0.2) is 26.9 Å². The maximum Gasteiger partial charge on any atom is 0.159 e. The van der Waals surface area contributed by atoms with Crippen LogP contribution in [0.15, 0.2) is 54.6 Å². The van der Waals surface area contributed by atoms with Gasteiger partial charge in [-0.25, -0.2) is 8.42 Å². The van der Waals surface area contributed by atoms with Gasteiger partial charge in [-0.15, -0.1) is 0 Å². The Hall–Kier alpha value is -1.65. The van der Waals surface area contributed by atoms with E-state index in [1.54, 1.807) is 0 Å². The molecule has 0 N–H and O–H groups in total. The maximum atomic E-state index is 12.3. The molecule has 0 amide bonds. The molecule has 0 aliphatic carbocycles. The standard InChI is InChI=1S/C18H20O3S/c19-22(20,18-10-11-21-13-18)14-17-8-6-16(7-9-17)12-15-4-2-1-3-5-15/h1-9,18H,10-14H2. The average molecular weight is 316 g/mol. The van der Waals surface area contributed by atoms with Crippen molar-refractivity contribution in [2.45, 2.75) is 23.8 Å². The molecule has 3 rings (SSSR count). The van der Waals surface area contributed by atoms with E-state index in [1.807, 2.05) is 42.5 Å². The minimum absolute atomic E-state index is 0.104. The van der Waals surface area contributed by atoms with Crippen LogP contribution in [0.5, 0.6) is 0 Å². The zero-order chi connectivity index (χ0) is 15.4. The minimum atomic E-state index is -3.11. The number of ether oxygens (including phenoxy) is 1. The van der Waals surface area contributed by atoms with Gasteiger partial charge in [-0.2, -0.15) is 0 Å². The van der Waals surface area contributed by atoms with E-state index in [9.17, 15) is 8.42 Å². The molecule has 0 bridgehead atoms. The van der Waals surface area contributed by atoms with Crippen molar-refractivity contribution < 1.29 is 13.2 Å². The van der Waals surface area contributed by atoms with Gasteiger partial charge in [0.25, 0.3) is 0 Å². The van der Waals surface area contributed by atoms with Crippen molar-refractivity contribution in [3.63, 3.8) is 0 Å². The van der Waals surface area contributed by atoms with Crippen LogP contribution in [0.4, 0.5) is 0 Å². The Morgan fingerprint density at radius 1 is 0.909 bits per heavy atom. The maximum absolute atomic E-state index is 12.3. The fraction of sp³-hybridized carbons (Fsp3) is 0.333. The number of benzene rings is 2. The summed E-state index contributed by atoms with van der Waals surface area (Å²) in [6.45, 7) is 0.897.